The van der Waals surface area contributed by atoms with Crippen molar-refractivity contribution in [3.63, 3.8) is 0 Å². The minimum Gasteiger partial charge on any atom is -0.393 e. The summed E-state index contributed by atoms with van der Waals surface area (Å²) in [5.41, 5.74) is 6.57. The molecule has 0 amide bonds. The van der Waals surface area contributed by atoms with E-state index < -0.39 is 0 Å². The molecule has 0 radical (unpaired) electrons. The number of rotatable bonds is 1. The van der Waals surface area contributed by atoms with Gasteiger partial charge in [-0.05, 0) is 43.8 Å². The largest absolute Gasteiger partial charge is 0.393 e. The van der Waals surface area contributed by atoms with Crippen molar-refractivity contribution < 1.29 is 5.11 Å². The van der Waals surface area contributed by atoms with E-state index in [0.717, 1.165) is 25.7 Å². The summed E-state index contributed by atoms with van der Waals surface area (Å²) in [5, 5.41) is 9.55. The molecule has 2 nitrogen and oxygen atoms in total. The van der Waals surface area contributed by atoms with Gasteiger partial charge in [-0.15, -0.1) is 0 Å². The first-order chi connectivity index (χ1) is 6.94. The second-order valence-corrected chi connectivity index (χ2v) is 7.51. The molecule has 1 heterocycles. The van der Waals surface area contributed by atoms with E-state index >= 15 is 0 Å². The fourth-order valence-electron chi connectivity index (χ4n) is 3.36. The second kappa shape index (κ2) is 3.94. The maximum absolute atomic E-state index is 9.55. The van der Waals surface area contributed by atoms with Crippen molar-refractivity contribution in [2.75, 3.05) is 5.75 Å². The number of aliphatic hydroxyl groups excluding tert-OH is 1. The average molecular weight is 229 g/mol. The average Bonchev–Trinajstić information content (AvgIpc) is 2.52. The summed E-state index contributed by atoms with van der Waals surface area (Å²) in [4.78, 5) is 0. The summed E-state index contributed by atoms with van der Waals surface area (Å²) >= 11 is 2.06. The fourth-order valence-corrected chi connectivity index (χ4v) is 4.79. The number of hydrogen-bond donors (Lipinski definition) is 2. The lowest BCUT2D eigenvalue weighted by atomic mass is 9.67. The van der Waals surface area contributed by atoms with Gasteiger partial charge < -0.3 is 10.8 Å². The van der Waals surface area contributed by atoms with Crippen LogP contribution < -0.4 is 5.73 Å². The topological polar surface area (TPSA) is 46.2 Å². The van der Waals surface area contributed by atoms with Crippen LogP contribution in [0, 0.1) is 5.92 Å². The highest BCUT2D eigenvalue weighted by atomic mass is 32.2. The summed E-state index contributed by atoms with van der Waals surface area (Å²) in [6.45, 7) is 4.66. The van der Waals surface area contributed by atoms with Crippen molar-refractivity contribution in [1.29, 1.82) is 0 Å². The molecule has 0 spiro atoms. The number of hydrogen-bond acceptors (Lipinski definition) is 3. The molecule has 2 rings (SSSR count). The van der Waals surface area contributed by atoms with Crippen molar-refractivity contribution >= 4 is 11.8 Å². The number of thioether (sulfide) groups is 1. The normalized spacial score (nSPS) is 45.6. The first-order valence-corrected chi connectivity index (χ1v) is 7.03. The summed E-state index contributed by atoms with van der Waals surface area (Å²) in [6.07, 6.45) is 4.95. The highest BCUT2D eigenvalue weighted by molar-refractivity contribution is 8.00. The predicted molar refractivity (Wildman–Crippen MR) is 66.0 cm³/mol. The summed E-state index contributed by atoms with van der Waals surface area (Å²) in [7, 11) is 0. The van der Waals surface area contributed by atoms with Crippen molar-refractivity contribution in [2.24, 2.45) is 11.7 Å². The third-order valence-electron chi connectivity index (χ3n) is 4.30. The lowest BCUT2D eigenvalue weighted by Gasteiger charge is -2.45. The van der Waals surface area contributed by atoms with E-state index in [1.807, 2.05) is 0 Å². The zero-order valence-electron chi connectivity index (χ0n) is 9.83. The predicted octanol–water partition coefficient (Wildman–Crippen LogP) is 2.15. The van der Waals surface area contributed by atoms with Crippen LogP contribution in [0.5, 0.6) is 0 Å². The van der Waals surface area contributed by atoms with Gasteiger partial charge >= 0.3 is 0 Å². The maximum atomic E-state index is 9.55. The number of nitrogens with two attached hydrogens (primary N) is 1. The molecule has 2 aliphatic rings. The van der Waals surface area contributed by atoms with Crippen molar-refractivity contribution in [3.05, 3.63) is 0 Å². The lowest BCUT2D eigenvalue weighted by molar-refractivity contribution is 0.0681. The monoisotopic (exact) mass is 229 g/mol. The maximum Gasteiger partial charge on any atom is 0.0541 e. The van der Waals surface area contributed by atoms with Crippen LogP contribution in [0.25, 0.3) is 0 Å². The molecule has 3 heteroatoms. The van der Waals surface area contributed by atoms with Crippen molar-refractivity contribution in [1.82, 2.24) is 0 Å². The van der Waals surface area contributed by atoms with Crippen LogP contribution in [0.15, 0.2) is 0 Å². The van der Waals surface area contributed by atoms with Gasteiger partial charge in [0.2, 0.25) is 0 Å². The fraction of sp³-hybridized carbons (Fsp3) is 1.00. The summed E-state index contributed by atoms with van der Waals surface area (Å²) < 4.78 is 0.330. The molecule has 1 saturated heterocycles. The van der Waals surface area contributed by atoms with Crippen LogP contribution in [-0.4, -0.2) is 27.2 Å². The van der Waals surface area contributed by atoms with E-state index in [1.54, 1.807) is 0 Å². The Morgan fingerprint density at radius 2 is 1.80 bits per heavy atom. The Bertz CT molecular complexity index is 234. The molecule has 0 aromatic carbocycles. The van der Waals surface area contributed by atoms with E-state index in [9.17, 15) is 5.11 Å². The van der Waals surface area contributed by atoms with Gasteiger partial charge in [-0.3, -0.25) is 0 Å². The zero-order chi connectivity index (χ0) is 11.1. The quantitative estimate of drug-likeness (QED) is 0.724. The van der Waals surface area contributed by atoms with Crippen LogP contribution in [0.4, 0.5) is 0 Å². The smallest absolute Gasteiger partial charge is 0.0541 e. The van der Waals surface area contributed by atoms with Crippen LogP contribution in [0.2, 0.25) is 0 Å². The summed E-state index contributed by atoms with van der Waals surface area (Å²) in [6, 6.07) is 0. The molecular formula is C12H23NOS. The Labute approximate surface area is 97.0 Å². The molecule has 2 fully saturated rings. The SMILES string of the molecule is CC1(C)SCCC1C1(N)CCC(O)CC1. The molecule has 1 unspecified atom stereocenters. The molecule has 1 atom stereocenters. The second-order valence-electron chi connectivity index (χ2n) is 5.76. The Morgan fingerprint density at radius 3 is 2.27 bits per heavy atom. The molecule has 0 aromatic rings. The standard InChI is InChI=1S/C12H23NOS/c1-11(2)10(5-8-15-11)12(13)6-3-9(14)4-7-12/h9-10,14H,3-8,13H2,1-2H3. The van der Waals surface area contributed by atoms with Gasteiger partial charge in [-0.1, -0.05) is 13.8 Å². The molecule has 0 bridgehead atoms. The van der Waals surface area contributed by atoms with Gasteiger partial charge in [0, 0.05) is 10.3 Å². The van der Waals surface area contributed by atoms with Gasteiger partial charge in [0.15, 0.2) is 0 Å². The highest BCUT2D eigenvalue weighted by Gasteiger charge is 2.48. The van der Waals surface area contributed by atoms with Gasteiger partial charge in [-0.2, -0.15) is 11.8 Å². The van der Waals surface area contributed by atoms with Crippen LogP contribution in [-0.2, 0) is 0 Å². The third-order valence-corrected chi connectivity index (χ3v) is 5.77. The van der Waals surface area contributed by atoms with Crippen LogP contribution >= 0.6 is 11.8 Å². The van der Waals surface area contributed by atoms with E-state index in [2.05, 4.69) is 25.6 Å². The summed E-state index contributed by atoms with van der Waals surface area (Å²) in [5.74, 6) is 1.88. The van der Waals surface area contributed by atoms with Crippen molar-refractivity contribution in [2.45, 2.75) is 62.3 Å². The Kier molecular flexibility index (Phi) is 3.08. The molecule has 0 aromatic heterocycles. The molecule has 3 N–H and O–H groups in total. The van der Waals surface area contributed by atoms with Gasteiger partial charge in [0.05, 0.1) is 6.10 Å². The van der Waals surface area contributed by atoms with Crippen molar-refractivity contribution in [3.8, 4) is 0 Å². The van der Waals surface area contributed by atoms with Crippen LogP contribution in [0.1, 0.15) is 46.0 Å². The Balaban J connectivity index is 2.09. The van der Waals surface area contributed by atoms with Gasteiger partial charge in [-0.25, -0.2) is 0 Å². The molecule has 15 heavy (non-hydrogen) atoms. The van der Waals surface area contributed by atoms with Gasteiger partial charge in [0.1, 0.15) is 0 Å². The first kappa shape index (κ1) is 11.7. The van der Waals surface area contributed by atoms with E-state index in [-0.39, 0.29) is 11.6 Å². The Hall–Kier alpha value is 0.270. The highest BCUT2D eigenvalue weighted by Crippen LogP contribution is 2.50. The Morgan fingerprint density at radius 1 is 1.20 bits per heavy atom. The lowest BCUT2D eigenvalue weighted by Crippen LogP contribution is -2.54. The third kappa shape index (κ3) is 2.20. The van der Waals surface area contributed by atoms with E-state index in [4.69, 9.17) is 5.73 Å². The number of aliphatic hydroxyl groups is 1. The van der Waals surface area contributed by atoms with E-state index in [0.29, 0.717) is 10.7 Å². The molecule has 1 saturated carbocycles. The molecular weight excluding hydrogens is 206 g/mol. The van der Waals surface area contributed by atoms with Gasteiger partial charge in [0.25, 0.3) is 0 Å². The van der Waals surface area contributed by atoms with Crippen LogP contribution in [0.3, 0.4) is 0 Å². The minimum atomic E-state index is -0.0983. The first-order valence-electron chi connectivity index (χ1n) is 6.05. The molecule has 1 aliphatic heterocycles. The van der Waals surface area contributed by atoms with E-state index in [1.165, 1.54) is 12.2 Å². The minimum absolute atomic E-state index is 0.00771. The zero-order valence-corrected chi connectivity index (χ0v) is 10.6. The molecule has 1 aliphatic carbocycles. The molecule has 88 valence electrons.